The van der Waals surface area contributed by atoms with Gasteiger partial charge in [-0.05, 0) is 37.3 Å². The molecule has 2 aromatic carbocycles. The van der Waals surface area contributed by atoms with Gasteiger partial charge in [0.15, 0.2) is 11.5 Å². The van der Waals surface area contributed by atoms with Crippen molar-refractivity contribution in [1.82, 2.24) is 25.5 Å². The molecule has 0 radical (unpaired) electrons. The zero-order valence-corrected chi connectivity index (χ0v) is 14.6. The van der Waals surface area contributed by atoms with Gasteiger partial charge in [0, 0.05) is 17.4 Å². The number of H-pyrrole nitrogens is 2. The van der Waals surface area contributed by atoms with Crippen LogP contribution in [0.4, 0.5) is 0 Å². The van der Waals surface area contributed by atoms with Crippen molar-refractivity contribution in [2.24, 2.45) is 0 Å². The lowest BCUT2D eigenvalue weighted by Gasteiger charge is -2.25. The lowest BCUT2D eigenvalue weighted by molar-refractivity contribution is 0.0269. The first-order chi connectivity index (χ1) is 13.1. The highest BCUT2D eigenvalue weighted by Gasteiger charge is 2.29. The van der Waals surface area contributed by atoms with Crippen molar-refractivity contribution in [3.8, 4) is 11.5 Å². The van der Waals surface area contributed by atoms with E-state index in [1.807, 2.05) is 43.3 Å². The van der Waals surface area contributed by atoms with Crippen molar-refractivity contribution >= 4 is 27.8 Å². The highest BCUT2D eigenvalue weighted by Crippen LogP contribution is 2.26. The summed E-state index contributed by atoms with van der Waals surface area (Å²) in [5.74, 6) is 0.466. The minimum absolute atomic E-state index is 0.196. The topological polar surface area (TPSA) is 95.7 Å². The van der Waals surface area contributed by atoms with Crippen LogP contribution in [0.5, 0.6) is 0 Å². The zero-order chi connectivity index (χ0) is 18.4. The van der Waals surface area contributed by atoms with E-state index in [0.29, 0.717) is 23.3 Å². The first-order valence-electron chi connectivity index (χ1n) is 8.70. The Labute approximate surface area is 154 Å². The largest absolute Gasteiger partial charge is 0.476 e. The van der Waals surface area contributed by atoms with Crippen molar-refractivity contribution in [1.29, 1.82) is 0 Å². The molecule has 134 valence electrons. The summed E-state index contributed by atoms with van der Waals surface area (Å²) in [4.78, 5) is 20.5. The molecule has 0 bridgehead atoms. The van der Waals surface area contributed by atoms with Crippen LogP contribution >= 0.6 is 0 Å². The highest BCUT2D eigenvalue weighted by atomic mass is 16.5. The maximum Gasteiger partial charge on any atom is 0.254 e. The predicted octanol–water partition coefficient (Wildman–Crippen LogP) is 3.49. The Morgan fingerprint density at radius 1 is 1.22 bits per heavy atom. The third kappa shape index (κ3) is 2.64. The summed E-state index contributed by atoms with van der Waals surface area (Å²) in [5.41, 5.74) is 3.09. The summed E-state index contributed by atoms with van der Waals surface area (Å²) >= 11 is 0. The second-order valence-corrected chi connectivity index (χ2v) is 6.81. The molecule has 3 N–H and O–H groups in total. The third-order valence-corrected chi connectivity index (χ3v) is 4.75. The minimum Gasteiger partial charge on any atom is -0.476 e. The smallest absolute Gasteiger partial charge is 0.254 e. The number of aromatic amines is 2. The number of aromatic nitrogens is 4. The molecule has 0 fully saturated rings. The van der Waals surface area contributed by atoms with Gasteiger partial charge >= 0.3 is 0 Å². The van der Waals surface area contributed by atoms with Gasteiger partial charge in [-0.15, -0.1) is 0 Å². The van der Waals surface area contributed by atoms with Crippen LogP contribution < -0.4 is 5.32 Å². The summed E-state index contributed by atoms with van der Waals surface area (Å²) in [5, 5.41) is 11.3. The van der Waals surface area contributed by atoms with Crippen LogP contribution in [0.15, 0.2) is 54.8 Å². The fourth-order valence-electron chi connectivity index (χ4n) is 3.32. The highest BCUT2D eigenvalue weighted by molar-refractivity contribution is 5.98. The number of nitrogens with one attached hydrogen (secondary N) is 3. The Bertz CT molecular complexity index is 1200. The molecule has 0 saturated carbocycles. The van der Waals surface area contributed by atoms with E-state index in [2.05, 4.69) is 25.5 Å². The molecule has 1 amide bonds. The summed E-state index contributed by atoms with van der Waals surface area (Å²) < 4.78 is 5.47. The molecular weight excluding hydrogens is 342 g/mol. The van der Waals surface area contributed by atoms with Gasteiger partial charge in [0.25, 0.3) is 5.91 Å². The maximum atomic E-state index is 12.6. The number of fused-ring (bicyclic) bond motifs is 2. The summed E-state index contributed by atoms with van der Waals surface area (Å²) in [6.07, 6.45) is 4.13. The van der Waals surface area contributed by atoms with E-state index in [4.69, 9.17) is 4.74 Å². The Balaban J connectivity index is 1.49. The Kier molecular flexibility index (Phi) is 3.30. The van der Waals surface area contributed by atoms with Crippen LogP contribution in [0.3, 0.4) is 0 Å². The quantitative estimate of drug-likeness (QED) is 0.522. The number of amides is 1. The van der Waals surface area contributed by atoms with E-state index < -0.39 is 5.72 Å². The number of imidazole rings is 1. The van der Waals surface area contributed by atoms with Crippen LogP contribution in [0.1, 0.15) is 23.7 Å². The molecule has 5 rings (SSSR count). The molecule has 1 unspecified atom stereocenters. The van der Waals surface area contributed by atoms with E-state index >= 15 is 0 Å². The molecule has 7 heteroatoms. The predicted molar refractivity (Wildman–Crippen MR) is 102 cm³/mol. The van der Waals surface area contributed by atoms with Crippen molar-refractivity contribution in [3.05, 3.63) is 60.4 Å². The van der Waals surface area contributed by atoms with E-state index in [-0.39, 0.29) is 5.91 Å². The van der Waals surface area contributed by atoms with E-state index in [0.717, 1.165) is 22.1 Å². The number of carbonyl (C=O) groups is 1. The first-order valence-corrected chi connectivity index (χ1v) is 8.70. The molecule has 1 aliphatic rings. The molecule has 7 nitrogen and oxygen atoms in total. The number of para-hydroxylation sites is 1. The number of benzene rings is 2. The summed E-state index contributed by atoms with van der Waals surface area (Å²) in [6, 6.07) is 13.3. The monoisotopic (exact) mass is 359 g/mol. The Hall–Kier alpha value is -3.61. The molecule has 1 aliphatic heterocycles. The molecule has 0 aliphatic carbocycles. The fraction of sp³-hybridized carbons (Fsp3) is 0.150. The van der Waals surface area contributed by atoms with Crippen molar-refractivity contribution in [2.75, 3.05) is 0 Å². The third-order valence-electron chi connectivity index (χ3n) is 4.75. The van der Waals surface area contributed by atoms with Gasteiger partial charge in [0.1, 0.15) is 5.69 Å². The Morgan fingerprint density at radius 3 is 2.96 bits per heavy atom. The van der Waals surface area contributed by atoms with Crippen LogP contribution in [0.25, 0.3) is 33.5 Å². The van der Waals surface area contributed by atoms with Gasteiger partial charge in [-0.2, -0.15) is 5.10 Å². The molecule has 2 aromatic heterocycles. The van der Waals surface area contributed by atoms with Crippen molar-refractivity contribution in [3.63, 3.8) is 0 Å². The standard InChI is InChI=1S/C20H17N5O2/c1-20(9-4-10-27-20)23-19(26)12-7-8-15-16(11-12)22-18(21-15)17-13-5-2-3-6-14(13)24-25-17/h2-8,10-11H,9H2,1H3,(H,21,22)(H,23,26)(H,24,25). The van der Waals surface area contributed by atoms with E-state index in [1.54, 1.807) is 18.4 Å². The van der Waals surface area contributed by atoms with Gasteiger partial charge in [-0.1, -0.05) is 18.2 Å². The van der Waals surface area contributed by atoms with E-state index in [9.17, 15) is 4.79 Å². The summed E-state index contributed by atoms with van der Waals surface area (Å²) in [7, 11) is 0. The molecular formula is C20H17N5O2. The SMILES string of the molecule is CC1(NC(=O)c2ccc3[nH]c(-c4n[nH]c5ccccc45)nc3c2)CC=CO1. The van der Waals surface area contributed by atoms with Gasteiger partial charge in [-0.25, -0.2) is 4.98 Å². The number of hydrogen-bond donors (Lipinski definition) is 3. The molecule has 0 saturated heterocycles. The number of carbonyl (C=O) groups excluding carboxylic acids is 1. The zero-order valence-electron chi connectivity index (χ0n) is 14.6. The lowest BCUT2D eigenvalue weighted by Crippen LogP contribution is -2.45. The van der Waals surface area contributed by atoms with E-state index in [1.165, 1.54) is 0 Å². The molecule has 1 atom stereocenters. The van der Waals surface area contributed by atoms with Crippen LogP contribution in [-0.2, 0) is 4.74 Å². The van der Waals surface area contributed by atoms with Gasteiger partial charge in [0.2, 0.25) is 0 Å². The van der Waals surface area contributed by atoms with Crippen LogP contribution in [-0.4, -0.2) is 31.8 Å². The number of hydrogen-bond acceptors (Lipinski definition) is 4. The first kappa shape index (κ1) is 15.6. The molecule has 27 heavy (non-hydrogen) atoms. The number of ether oxygens (including phenoxy) is 1. The van der Waals surface area contributed by atoms with Gasteiger partial charge in [0.05, 0.1) is 22.8 Å². The average Bonchev–Trinajstić information content (AvgIpc) is 3.38. The normalized spacial score (nSPS) is 18.9. The second kappa shape index (κ2) is 5.70. The van der Waals surface area contributed by atoms with Gasteiger partial charge in [-0.3, -0.25) is 9.89 Å². The molecule has 0 spiro atoms. The van der Waals surface area contributed by atoms with Crippen LogP contribution in [0.2, 0.25) is 0 Å². The maximum absolute atomic E-state index is 12.6. The summed E-state index contributed by atoms with van der Waals surface area (Å²) in [6.45, 7) is 1.85. The second-order valence-electron chi connectivity index (χ2n) is 6.81. The average molecular weight is 359 g/mol. The lowest BCUT2D eigenvalue weighted by atomic mass is 10.1. The van der Waals surface area contributed by atoms with Crippen molar-refractivity contribution in [2.45, 2.75) is 19.1 Å². The fourth-order valence-corrected chi connectivity index (χ4v) is 3.32. The van der Waals surface area contributed by atoms with Crippen molar-refractivity contribution < 1.29 is 9.53 Å². The van der Waals surface area contributed by atoms with Gasteiger partial charge < -0.3 is 15.0 Å². The number of nitrogens with zero attached hydrogens (tertiary/aromatic N) is 2. The number of rotatable bonds is 3. The molecule has 3 heterocycles. The van der Waals surface area contributed by atoms with Crippen LogP contribution in [0, 0.1) is 0 Å². The Morgan fingerprint density at radius 2 is 2.11 bits per heavy atom. The minimum atomic E-state index is -0.698. The molecule has 4 aromatic rings.